The molecule has 0 saturated carbocycles. The molecule has 3 aromatic rings. The van der Waals surface area contributed by atoms with E-state index in [0.29, 0.717) is 46.4 Å². The Balaban J connectivity index is 1.70. The Morgan fingerprint density at radius 3 is 2.38 bits per heavy atom. The molecule has 150 valence electrons. The molecule has 29 heavy (non-hydrogen) atoms. The molecule has 8 heteroatoms. The van der Waals surface area contributed by atoms with E-state index in [-0.39, 0.29) is 5.91 Å². The molecule has 7 nitrogen and oxygen atoms in total. The normalized spacial score (nSPS) is 10.6. The summed E-state index contributed by atoms with van der Waals surface area (Å²) < 4.78 is 5.02. The maximum Gasteiger partial charge on any atom is 0.261 e. The summed E-state index contributed by atoms with van der Waals surface area (Å²) in [6, 6.07) is 12.4. The molecule has 0 fully saturated rings. The maximum absolute atomic E-state index is 12.5. The molecule has 2 aromatic carbocycles. The third kappa shape index (κ3) is 4.82. The number of halogens is 1. The van der Waals surface area contributed by atoms with Crippen LogP contribution in [0.25, 0.3) is 0 Å². The zero-order valence-corrected chi connectivity index (χ0v) is 16.8. The molecule has 2 amide bonds. The number of benzene rings is 2. The summed E-state index contributed by atoms with van der Waals surface area (Å²) in [6.45, 7) is 4.17. The molecule has 0 unspecified atom stereocenters. The van der Waals surface area contributed by atoms with Gasteiger partial charge < -0.3 is 20.9 Å². The van der Waals surface area contributed by atoms with Crippen LogP contribution in [0.15, 0.2) is 47.0 Å². The first kappa shape index (κ1) is 20.6. The van der Waals surface area contributed by atoms with E-state index >= 15 is 0 Å². The van der Waals surface area contributed by atoms with Crippen molar-refractivity contribution in [1.29, 1.82) is 0 Å². The fourth-order valence-corrected chi connectivity index (χ4v) is 3.00. The number of nitrogens with one attached hydrogen (secondary N) is 2. The summed E-state index contributed by atoms with van der Waals surface area (Å²) in [6.07, 6.45) is 0. The smallest absolute Gasteiger partial charge is 0.261 e. The molecule has 1 aromatic heterocycles. The lowest BCUT2D eigenvalue weighted by atomic mass is 10.1. The predicted octanol–water partition coefficient (Wildman–Crippen LogP) is 3.59. The van der Waals surface area contributed by atoms with Gasteiger partial charge in [-0.3, -0.25) is 9.59 Å². The Morgan fingerprint density at radius 1 is 1.07 bits per heavy atom. The van der Waals surface area contributed by atoms with Crippen molar-refractivity contribution in [3.8, 4) is 0 Å². The van der Waals surface area contributed by atoms with Crippen LogP contribution in [0.3, 0.4) is 0 Å². The number of aromatic nitrogens is 1. The number of amides is 2. The second kappa shape index (κ2) is 8.89. The molecule has 4 N–H and O–H groups in total. The Labute approximate surface area is 173 Å². The van der Waals surface area contributed by atoms with E-state index in [9.17, 15) is 9.59 Å². The summed E-state index contributed by atoms with van der Waals surface area (Å²) >= 11 is 6.19. The zero-order valence-electron chi connectivity index (χ0n) is 16.1. The van der Waals surface area contributed by atoms with E-state index in [1.165, 1.54) is 6.07 Å². The van der Waals surface area contributed by atoms with Crippen molar-refractivity contribution in [2.24, 2.45) is 5.73 Å². The van der Waals surface area contributed by atoms with Crippen molar-refractivity contribution in [3.63, 3.8) is 0 Å². The number of aryl methyl sites for hydroxylation is 2. The molecule has 1 heterocycles. The van der Waals surface area contributed by atoms with Crippen LogP contribution in [-0.2, 0) is 13.1 Å². The molecule has 0 spiro atoms. The van der Waals surface area contributed by atoms with Gasteiger partial charge in [-0.25, -0.2) is 0 Å². The topological polar surface area (TPSA) is 110 Å². The number of hydrogen-bond donors (Lipinski definition) is 3. The lowest BCUT2D eigenvalue weighted by molar-refractivity contribution is 0.0949. The molecule has 0 saturated heterocycles. The third-order valence-corrected chi connectivity index (χ3v) is 4.78. The van der Waals surface area contributed by atoms with E-state index in [2.05, 4.69) is 15.8 Å². The van der Waals surface area contributed by atoms with E-state index < -0.39 is 5.91 Å². The summed E-state index contributed by atoms with van der Waals surface area (Å²) in [4.78, 5) is 25.0. The van der Waals surface area contributed by atoms with Crippen molar-refractivity contribution in [1.82, 2.24) is 10.5 Å². The second-order valence-electron chi connectivity index (χ2n) is 6.55. The highest BCUT2D eigenvalue weighted by Gasteiger charge is 2.19. The average Bonchev–Trinajstić information content (AvgIpc) is 3.06. The van der Waals surface area contributed by atoms with Crippen LogP contribution in [-0.4, -0.2) is 17.0 Å². The number of hydrogen-bond acceptors (Lipinski definition) is 5. The lowest BCUT2D eigenvalue weighted by Crippen LogP contribution is -2.23. The molecular weight excluding hydrogens is 392 g/mol. The van der Waals surface area contributed by atoms with Crippen LogP contribution in [0.5, 0.6) is 0 Å². The summed E-state index contributed by atoms with van der Waals surface area (Å²) in [5.41, 5.74) is 9.10. The molecular formula is C21H21ClN4O3. The molecule has 3 rings (SSSR count). The van der Waals surface area contributed by atoms with Crippen molar-refractivity contribution >= 4 is 29.1 Å². The van der Waals surface area contributed by atoms with E-state index in [1.54, 1.807) is 26.0 Å². The largest absolute Gasteiger partial charge is 0.361 e. The minimum absolute atomic E-state index is 0.280. The molecule has 0 aliphatic heterocycles. The molecule has 0 aliphatic carbocycles. The highest BCUT2D eigenvalue weighted by atomic mass is 35.5. The number of nitrogens with zero attached hydrogens (tertiary/aromatic N) is 1. The standard InChI is InChI=1S/C21H21ClN4O3/c1-12-19(13(2)29-26-12)21(28)25-18-9-16(7-8-17(18)22)20(27)24-11-15-5-3-14(10-23)4-6-15/h3-9H,10-11,23H2,1-2H3,(H,24,27)(H,25,28). The van der Waals surface area contributed by atoms with Crippen LogP contribution in [0.4, 0.5) is 5.69 Å². The van der Waals surface area contributed by atoms with Gasteiger partial charge in [0.1, 0.15) is 11.3 Å². The fourth-order valence-electron chi connectivity index (χ4n) is 2.83. The van der Waals surface area contributed by atoms with Gasteiger partial charge in [0.2, 0.25) is 0 Å². The first-order valence-electron chi connectivity index (χ1n) is 8.99. The molecule has 0 radical (unpaired) electrons. The van der Waals surface area contributed by atoms with Crippen molar-refractivity contribution in [2.75, 3.05) is 5.32 Å². The Bertz CT molecular complexity index is 1030. The highest BCUT2D eigenvalue weighted by Crippen LogP contribution is 2.25. The van der Waals surface area contributed by atoms with Crippen LogP contribution >= 0.6 is 11.6 Å². The van der Waals surface area contributed by atoms with Crippen LogP contribution < -0.4 is 16.4 Å². The van der Waals surface area contributed by atoms with E-state index in [4.69, 9.17) is 21.9 Å². The van der Waals surface area contributed by atoms with Crippen LogP contribution in [0.2, 0.25) is 5.02 Å². The third-order valence-electron chi connectivity index (χ3n) is 4.45. The van der Waals surface area contributed by atoms with Gasteiger partial charge in [0, 0.05) is 18.7 Å². The second-order valence-corrected chi connectivity index (χ2v) is 6.96. The van der Waals surface area contributed by atoms with Crippen LogP contribution in [0.1, 0.15) is 43.3 Å². The molecule has 0 atom stereocenters. The van der Waals surface area contributed by atoms with Gasteiger partial charge >= 0.3 is 0 Å². The van der Waals surface area contributed by atoms with Gasteiger partial charge in [-0.15, -0.1) is 0 Å². The quantitative estimate of drug-likeness (QED) is 0.573. The Kier molecular flexibility index (Phi) is 6.31. The monoisotopic (exact) mass is 412 g/mol. The SMILES string of the molecule is Cc1noc(C)c1C(=O)Nc1cc(C(=O)NCc2ccc(CN)cc2)ccc1Cl. The number of anilines is 1. The minimum atomic E-state index is -0.402. The zero-order chi connectivity index (χ0) is 21.0. The van der Waals surface area contributed by atoms with Crippen molar-refractivity contribution in [2.45, 2.75) is 26.9 Å². The predicted molar refractivity (Wildman–Crippen MR) is 111 cm³/mol. The number of nitrogens with two attached hydrogens (primary N) is 1. The number of rotatable bonds is 6. The fraction of sp³-hybridized carbons (Fsp3) is 0.190. The average molecular weight is 413 g/mol. The minimum Gasteiger partial charge on any atom is -0.361 e. The first-order chi connectivity index (χ1) is 13.9. The summed E-state index contributed by atoms with van der Waals surface area (Å²) in [5, 5.41) is 9.65. The molecule has 0 bridgehead atoms. The van der Waals surface area contributed by atoms with E-state index in [1.807, 2.05) is 24.3 Å². The summed E-state index contributed by atoms with van der Waals surface area (Å²) in [7, 11) is 0. The van der Waals surface area contributed by atoms with Gasteiger partial charge in [-0.1, -0.05) is 41.0 Å². The Morgan fingerprint density at radius 2 is 1.76 bits per heavy atom. The number of carbonyl (C=O) groups is 2. The van der Waals surface area contributed by atoms with Gasteiger partial charge in [0.05, 0.1) is 16.4 Å². The van der Waals surface area contributed by atoms with Gasteiger partial charge in [0.25, 0.3) is 11.8 Å². The molecule has 0 aliphatic rings. The number of carbonyl (C=O) groups excluding carboxylic acids is 2. The van der Waals surface area contributed by atoms with Crippen molar-refractivity contribution < 1.29 is 14.1 Å². The first-order valence-corrected chi connectivity index (χ1v) is 9.36. The maximum atomic E-state index is 12.5. The summed E-state index contributed by atoms with van der Waals surface area (Å²) in [5.74, 6) is -0.274. The van der Waals surface area contributed by atoms with Gasteiger partial charge in [-0.2, -0.15) is 0 Å². The van der Waals surface area contributed by atoms with Crippen molar-refractivity contribution in [3.05, 3.63) is 81.2 Å². The van der Waals surface area contributed by atoms with Crippen LogP contribution in [0, 0.1) is 13.8 Å². The van der Waals surface area contributed by atoms with Gasteiger partial charge in [-0.05, 0) is 43.2 Å². The highest BCUT2D eigenvalue weighted by molar-refractivity contribution is 6.34. The van der Waals surface area contributed by atoms with Gasteiger partial charge in [0.15, 0.2) is 0 Å². The van der Waals surface area contributed by atoms with E-state index in [0.717, 1.165) is 11.1 Å². The Hall–Kier alpha value is -3.16. The lowest BCUT2D eigenvalue weighted by Gasteiger charge is -2.10.